The molecule has 1 atom stereocenters. The smallest absolute Gasteiger partial charge is 0.239 e. The third kappa shape index (κ3) is 3.11. The predicted molar refractivity (Wildman–Crippen MR) is 38.1 cm³/mol. The van der Waals surface area contributed by atoms with E-state index in [1.165, 1.54) is 0 Å². The van der Waals surface area contributed by atoms with Crippen molar-refractivity contribution in [1.82, 2.24) is 0 Å². The molecule has 10 heavy (non-hydrogen) atoms. The molecule has 0 saturated heterocycles. The van der Waals surface area contributed by atoms with E-state index >= 15 is 0 Å². The van der Waals surface area contributed by atoms with Crippen molar-refractivity contribution in [1.29, 1.82) is 0 Å². The van der Waals surface area contributed by atoms with Crippen LogP contribution in [0.5, 0.6) is 0 Å². The van der Waals surface area contributed by atoms with Crippen LogP contribution < -0.4 is 5.73 Å². The highest BCUT2D eigenvalue weighted by Gasteiger charge is 2.26. The summed E-state index contributed by atoms with van der Waals surface area (Å²) in [5, 5.41) is 0. The largest absolute Gasteiger partial charge is 0.327 e. The normalized spacial score (nSPS) is 15.9. The maximum atomic E-state index is 11.8. The summed E-state index contributed by atoms with van der Waals surface area (Å²) in [7, 11) is 0. The second-order valence-electron chi connectivity index (χ2n) is 3.37. The zero-order valence-electron chi connectivity index (χ0n) is 6.70. The maximum Gasteiger partial charge on any atom is 0.239 e. The van der Waals surface area contributed by atoms with Crippen LogP contribution in [0, 0.1) is 5.41 Å². The van der Waals surface area contributed by atoms with Crippen molar-refractivity contribution in [2.24, 2.45) is 11.1 Å². The van der Waals surface area contributed by atoms with Crippen LogP contribution in [0.3, 0.4) is 0 Å². The van der Waals surface area contributed by atoms with Crippen LogP contribution in [0.25, 0.3) is 0 Å². The summed E-state index contributed by atoms with van der Waals surface area (Å²) in [5.41, 5.74) is 5.03. The molecule has 0 rings (SSSR count). The van der Waals surface area contributed by atoms with Gasteiger partial charge in [-0.2, -0.15) is 0 Å². The highest BCUT2D eigenvalue weighted by atomic mass is 19.3. The minimum Gasteiger partial charge on any atom is -0.327 e. The van der Waals surface area contributed by atoms with Crippen LogP contribution in [-0.2, 0) is 0 Å². The molecular weight excluding hydrogens is 136 g/mol. The SMILES string of the molecule is C[C@H](N)C(C)(C)CC(F)F. The van der Waals surface area contributed by atoms with E-state index in [-0.39, 0.29) is 12.5 Å². The van der Waals surface area contributed by atoms with Crippen molar-refractivity contribution < 1.29 is 8.78 Å². The van der Waals surface area contributed by atoms with Crippen LogP contribution in [0.4, 0.5) is 8.78 Å². The van der Waals surface area contributed by atoms with Gasteiger partial charge in [-0.05, 0) is 12.3 Å². The van der Waals surface area contributed by atoms with E-state index in [0.29, 0.717) is 0 Å². The van der Waals surface area contributed by atoms with Gasteiger partial charge in [0.15, 0.2) is 0 Å². The Bertz CT molecular complexity index is 99.8. The van der Waals surface area contributed by atoms with Gasteiger partial charge in [0.25, 0.3) is 0 Å². The van der Waals surface area contributed by atoms with Crippen molar-refractivity contribution in [3.8, 4) is 0 Å². The van der Waals surface area contributed by atoms with Gasteiger partial charge in [0, 0.05) is 12.5 Å². The minimum absolute atomic E-state index is 0.120. The number of alkyl halides is 2. The average molecular weight is 151 g/mol. The third-order valence-electron chi connectivity index (χ3n) is 1.91. The quantitative estimate of drug-likeness (QED) is 0.656. The molecule has 2 N–H and O–H groups in total. The Morgan fingerprint density at radius 1 is 1.40 bits per heavy atom. The first-order chi connectivity index (χ1) is 4.36. The fourth-order valence-electron chi connectivity index (χ4n) is 0.584. The maximum absolute atomic E-state index is 11.8. The molecule has 0 bridgehead atoms. The molecule has 0 aliphatic carbocycles. The fourth-order valence-corrected chi connectivity index (χ4v) is 0.584. The molecule has 0 aromatic carbocycles. The standard InChI is InChI=1S/C7H15F2N/c1-5(10)7(2,3)4-6(8)9/h5-6H,4,10H2,1-3H3/t5-/m0/s1. The molecule has 0 fully saturated rings. The predicted octanol–water partition coefficient (Wildman–Crippen LogP) is 2.02. The first-order valence-electron chi connectivity index (χ1n) is 3.40. The number of nitrogens with two attached hydrogens (primary N) is 1. The molecule has 0 radical (unpaired) electrons. The zero-order chi connectivity index (χ0) is 8.36. The molecule has 0 unspecified atom stereocenters. The van der Waals surface area contributed by atoms with E-state index in [1.807, 2.05) is 0 Å². The Balaban J connectivity index is 3.87. The van der Waals surface area contributed by atoms with Crippen molar-refractivity contribution in [2.45, 2.75) is 39.7 Å². The first kappa shape index (κ1) is 9.82. The molecule has 1 nitrogen and oxygen atoms in total. The Morgan fingerprint density at radius 3 is 1.90 bits per heavy atom. The lowest BCUT2D eigenvalue weighted by molar-refractivity contribution is 0.0780. The highest BCUT2D eigenvalue weighted by molar-refractivity contribution is 4.78. The van der Waals surface area contributed by atoms with Gasteiger partial charge in [0.1, 0.15) is 0 Å². The number of rotatable bonds is 3. The Hall–Kier alpha value is -0.180. The van der Waals surface area contributed by atoms with Gasteiger partial charge in [-0.25, -0.2) is 8.78 Å². The topological polar surface area (TPSA) is 26.0 Å². The lowest BCUT2D eigenvalue weighted by Gasteiger charge is -2.28. The van der Waals surface area contributed by atoms with Crippen LogP contribution in [0.15, 0.2) is 0 Å². The minimum atomic E-state index is -2.25. The number of hydrogen-bond acceptors (Lipinski definition) is 1. The van der Waals surface area contributed by atoms with Crippen molar-refractivity contribution in [2.75, 3.05) is 0 Å². The van der Waals surface area contributed by atoms with Gasteiger partial charge in [-0.15, -0.1) is 0 Å². The summed E-state index contributed by atoms with van der Waals surface area (Å²) in [6.07, 6.45) is -2.37. The molecule has 0 heterocycles. The molecule has 62 valence electrons. The second kappa shape index (κ2) is 3.28. The van der Waals surface area contributed by atoms with Crippen LogP contribution in [0.2, 0.25) is 0 Å². The van der Waals surface area contributed by atoms with Gasteiger partial charge in [-0.3, -0.25) is 0 Å². The van der Waals surface area contributed by atoms with Crippen LogP contribution in [-0.4, -0.2) is 12.5 Å². The monoisotopic (exact) mass is 151 g/mol. The Labute approximate surface area is 60.6 Å². The molecule has 0 aliphatic rings. The van der Waals surface area contributed by atoms with E-state index in [0.717, 1.165) is 0 Å². The molecule has 0 aromatic heterocycles. The Kier molecular flexibility index (Phi) is 3.22. The van der Waals surface area contributed by atoms with Crippen LogP contribution >= 0.6 is 0 Å². The second-order valence-corrected chi connectivity index (χ2v) is 3.37. The third-order valence-corrected chi connectivity index (χ3v) is 1.91. The van der Waals surface area contributed by atoms with Crippen molar-refractivity contribution in [3.05, 3.63) is 0 Å². The Morgan fingerprint density at radius 2 is 1.80 bits per heavy atom. The van der Waals surface area contributed by atoms with E-state index in [1.54, 1.807) is 20.8 Å². The van der Waals surface area contributed by atoms with Crippen molar-refractivity contribution >= 4 is 0 Å². The molecule has 0 aromatic rings. The summed E-state index contributed by atoms with van der Waals surface area (Å²) in [6.45, 7) is 5.26. The summed E-state index contributed by atoms with van der Waals surface area (Å²) in [4.78, 5) is 0. The van der Waals surface area contributed by atoms with Gasteiger partial charge >= 0.3 is 0 Å². The first-order valence-corrected chi connectivity index (χ1v) is 3.40. The van der Waals surface area contributed by atoms with Gasteiger partial charge in [-0.1, -0.05) is 13.8 Å². The van der Waals surface area contributed by atoms with Crippen LogP contribution in [0.1, 0.15) is 27.2 Å². The molecular formula is C7H15F2N. The molecule has 0 aliphatic heterocycles. The van der Waals surface area contributed by atoms with Crippen molar-refractivity contribution in [3.63, 3.8) is 0 Å². The highest BCUT2D eigenvalue weighted by Crippen LogP contribution is 2.26. The molecule has 3 heteroatoms. The fraction of sp³-hybridized carbons (Fsp3) is 1.00. The van der Waals surface area contributed by atoms with E-state index < -0.39 is 11.8 Å². The van der Waals surface area contributed by atoms with E-state index in [2.05, 4.69) is 0 Å². The molecule has 0 saturated carbocycles. The summed E-state index contributed by atoms with van der Waals surface area (Å²) >= 11 is 0. The molecule has 0 spiro atoms. The lowest BCUT2D eigenvalue weighted by atomic mass is 9.83. The van der Waals surface area contributed by atoms with E-state index in [9.17, 15) is 8.78 Å². The zero-order valence-corrected chi connectivity index (χ0v) is 6.70. The molecule has 0 amide bonds. The van der Waals surface area contributed by atoms with E-state index in [4.69, 9.17) is 5.73 Å². The summed E-state index contributed by atoms with van der Waals surface area (Å²) < 4.78 is 23.7. The lowest BCUT2D eigenvalue weighted by Crippen LogP contribution is -2.35. The van der Waals surface area contributed by atoms with Gasteiger partial charge in [0.05, 0.1) is 0 Å². The van der Waals surface area contributed by atoms with Gasteiger partial charge < -0.3 is 5.73 Å². The average Bonchev–Trinajstić information content (AvgIpc) is 1.60. The summed E-state index contributed by atoms with van der Waals surface area (Å²) in [6, 6.07) is -0.179. The number of hydrogen-bond donors (Lipinski definition) is 1. The number of halogens is 2. The summed E-state index contributed by atoms with van der Waals surface area (Å²) in [5.74, 6) is 0. The van der Waals surface area contributed by atoms with Gasteiger partial charge in [0.2, 0.25) is 6.43 Å².